The van der Waals surface area contributed by atoms with Gasteiger partial charge in [0.2, 0.25) is 5.91 Å². The first-order valence-corrected chi connectivity index (χ1v) is 8.34. The number of amides is 1. The molecule has 142 valence electrons. The van der Waals surface area contributed by atoms with Crippen LogP contribution in [0.2, 0.25) is 0 Å². The van der Waals surface area contributed by atoms with Gasteiger partial charge in [-0.25, -0.2) is 8.78 Å². The van der Waals surface area contributed by atoms with Crippen molar-refractivity contribution in [3.63, 3.8) is 0 Å². The van der Waals surface area contributed by atoms with Gasteiger partial charge in [0.05, 0.1) is 18.0 Å². The number of aromatic nitrogens is 1. The van der Waals surface area contributed by atoms with Crippen LogP contribution in [0.3, 0.4) is 0 Å². The van der Waals surface area contributed by atoms with E-state index in [1.807, 2.05) is 0 Å². The third-order valence-corrected chi connectivity index (χ3v) is 4.58. The third-order valence-electron chi connectivity index (χ3n) is 4.58. The Morgan fingerprint density at radius 3 is 2.78 bits per heavy atom. The van der Waals surface area contributed by atoms with Gasteiger partial charge in [-0.15, -0.1) is 0 Å². The summed E-state index contributed by atoms with van der Waals surface area (Å²) >= 11 is 0. The summed E-state index contributed by atoms with van der Waals surface area (Å²) < 4.78 is 32.9. The monoisotopic (exact) mass is 376 g/mol. The topological polar surface area (TPSA) is 112 Å². The number of nitrogens with one attached hydrogen (secondary N) is 1. The predicted molar refractivity (Wildman–Crippen MR) is 93.3 cm³/mol. The second-order valence-corrected chi connectivity index (χ2v) is 6.55. The summed E-state index contributed by atoms with van der Waals surface area (Å²) in [6.45, 7) is 0.685. The van der Waals surface area contributed by atoms with Crippen molar-refractivity contribution in [1.82, 2.24) is 9.88 Å². The van der Waals surface area contributed by atoms with Gasteiger partial charge < -0.3 is 20.4 Å². The zero-order valence-electron chi connectivity index (χ0n) is 14.5. The summed E-state index contributed by atoms with van der Waals surface area (Å²) in [4.78, 5) is 27.7. The Balaban J connectivity index is 1.80. The van der Waals surface area contributed by atoms with E-state index >= 15 is 0 Å². The molecular formula is C18H18F2N4O3. The van der Waals surface area contributed by atoms with Gasteiger partial charge in [0.15, 0.2) is 0 Å². The maximum atomic E-state index is 13.6. The Kier molecular flexibility index (Phi) is 4.85. The fraction of sp³-hybridized carbons (Fsp3) is 0.389. The highest BCUT2D eigenvalue weighted by Crippen LogP contribution is 2.32. The van der Waals surface area contributed by atoms with E-state index in [2.05, 4.69) is 4.98 Å². The van der Waals surface area contributed by atoms with Crippen molar-refractivity contribution in [1.29, 1.82) is 5.26 Å². The summed E-state index contributed by atoms with van der Waals surface area (Å²) in [5, 5.41) is 9.98. The number of rotatable bonds is 4. The van der Waals surface area contributed by atoms with Crippen LogP contribution in [0.4, 0.5) is 8.78 Å². The summed E-state index contributed by atoms with van der Waals surface area (Å²) in [7, 11) is 0. The number of nitrogens with zero attached hydrogens (tertiary/aromatic N) is 2. The molecule has 1 fully saturated rings. The third kappa shape index (κ3) is 3.61. The summed E-state index contributed by atoms with van der Waals surface area (Å²) in [5.41, 5.74) is 5.64. The minimum Gasteiger partial charge on any atom is -0.486 e. The molecule has 0 aliphatic carbocycles. The predicted octanol–water partition coefficient (Wildman–Crippen LogP) is 1.38. The smallest absolute Gasteiger partial charge is 0.268 e. The molecule has 27 heavy (non-hydrogen) atoms. The first-order chi connectivity index (χ1) is 12.7. The van der Waals surface area contributed by atoms with Crippen molar-refractivity contribution in [2.45, 2.75) is 37.5 Å². The molecule has 3 atom stereocenters. The number of hydrogen-bond acceptors (Lipinski definition) is 5. The lowest BCUT2D eigenvalue weighted by Crippen LogP contribution is -2.52. The van der Waals surface area contributed by atoms with Crippen LogP contribution in [0.1, 0.15) is 13.3 Å². The average molecular weight is 376 g/mol. The molecule has 1 amide bonds. The lowest BCUT2D eigenvalue weighted by molar-refractivity contribution is -0.135. The van der Waals surface area contributed by atoms with Gasteiger partial charge in [-0.2, -0.15) is 5.26 Å². The summed E-state index contributed by atoms with van der Waals surface area (Å²) in [6.07, 6.45) is -0.220. The second kappa shape index (κ2) is 6.96. The number of aromatic amines is 1. The number of alkyl halides is 2. The van der Waals surface area contributed by atoms with Crippen molar-refractivity contribution in [2.75, 3.05) is 6.54 Å². The fourth-order valence-electron chi connectivity index (χ4n) is 3.11. The molecule has 2 heterocycles. The first-order valence-electron chi connectivity index (χ1n) is 8.34. The minimum atomic E-state index is -3.12. The molecule has 1 aliphatic rings. The number of ether oxygens (including phenoxy) is 1. The number of hydrogen-bond donors (Lipinski definition) is 2. The normalized spacial score (nSPS) is 20.9. The summed E-state index contributed by atoms with van der Waals surface area (Å²) in [6, 6.07) is 5.99. The SMILES string of the molecule is CC(Oc1c[nH]c(=O)c2ccccc12)C(N)C(=O)N1CC(F)(F)C[C@H]1C#N. The van der Waals surface area contributed by atoms with Crippen LogP contribution < -0.4 is 16.0 Å². The number of nitriles is 1. The molecule has 0 radical (unpaired) electrons. The molecule has 0 bridgehead atoms. The Labute approximate surface area is 153 Å². The number of pyridine rings is 1. The van der Waals surface area contributed by atoms with E-state index in [1.54, 1.807) is 30.3 Å². The highest BCUT2D eigenvalue weighted by Gasteiger charge is 2.48. The van der Waals surface area contributed by atoms with Gasteiger partial charge in [-0.05, 0) is 13.0 Å². The van der Waals surface area contributed by atoms with Crippen LogP contribution in [-0.4, -0.2) is 46.4 Å². The zero-order valence-corrected chi connectivity index (χ0v) is 14.5. The lowest BCUT2D eigenvalue weighted by atomic mass is 10.1. The van der Waals surface area contributed by atoms with E-state index in [4.69, 9.17) is 15.7 Å². The molecule has 1 aromatic heterocycles. The van der Waals surface area contributed by atoms with Crippen molar-refractivity contribution in [3.8, 4) is 11.8 Å². The summed E-state index contributed by atoms with van der Waals surface area (Å²) in [5.74, 6) is -3.58. The number of halogens is 2. The Bertz CT molecular complexity index is 969. The molecule has 2 aromatic rings. The Hall–Kier alpha value is -2.99. The molecule has 0 spiro atoms. The van der Waals surface area contributed by atoms with Crippen LogP contribution >= 0.6 is 0 Å². The van der Waals surface area contributed by atoms with Gasteiger partial charge >= 0.3 is 0 Å². The van der Waals surface area contributed by atoms with Crippen molar-refractivity contribution < 1.29 is 18.3 Å². The van der Waals surface area contributed by atoms with Crippen molar-refractivity contribution in [3.05, 3.63) is 40.8 Å². The quantitative estimate of drug-likeness (QED) is 0.837. The van der Waals surface area contributed by atoms with Crippen LogP contribution in [-0.2, 0) is 4.79 Å². The van der Waals surface area contributed by atoms with E-state index in [-0.39, 0.29) is 5.56 Å². The van der Waals surface area contributed by atoms with Gasteiger partial charge in [-0.3, -0.25) is 9.59 Å². The largest absolute Gasteiger partial charge is 0.486 e. The number of H-pyrrole nitrogens is 1. The molecular weight excluding hydrogens is 358 g/mol. The molecule has 7 nitrogen and oxygen atoms in total. The van der Waals surface area contributed by atoms with E-state index in [1.165, 1.54) is 13.1 Å². The van der Waals surface area contributed by atoms with Crippen LogP contribution in [0.5, 0.6) is 5.75 Å². The van der Waals surface area contributed by atoms with E-state index in [0.29, 0.717) is 16.5 Å². The van der Waals surface area contributed by atoms with Gasteiger partial charge in [-0.1, -0.05) is 18.2 Å². The molecule has 1 saturated heterocycles. The standard InChI is InChI=1S/C18H18F2N4O3/c1-10(15(22)17(26)24-9-18(19,20)6-11(24)7-21)27-14-8-23-16(25)13-5-3-2-4-12(13)14/h2-5,8,10-11,15H,6,9,22H2,1H3,(H,23,25)/t10?,11-,15?/m0/s1. The van der Waals surface area contributed by atoms with E-state index < -0.39 is 43.0 Å². The van der Waals surface area contributed by atoms with Crippen LogP contribution in [0.25, 0.3) is 10.8 Å². The average Bonchev–Trinajstić information content (AvgIpc) is 2.97. The van der Waals surface area contributed by atoms with E-state index in [9.17, 15) is 18.4 Å². The van der Waals surface area contributed by atoms with Crippen LogP contribution in [0.15, 0.2) is 35.3 Å². The Morgan fingerprint density at radius 1 is 1.44 bits per heavy atom. The first kappa shape index (κ1) is 18.8. The number of carbonyl (C=O) groups excluding carboxylic acids is 1. The van der Waals surface area contributed by atoms with Gasteiger partial charge in [0.1, 0.15) is 23.9 Å². The lowest BCUT2D eigenvalue weighted by Gasteiger charge is -2.27. The van der Waals surface area contributed by atoms with E-state index in [0.717, 1.165) is 4.90 Å². The molecule has 2 unspecified atom stereocenters. The van der Waals surface area contributed by atoms with Gasteiger partial charge in [0, 0.05) is 18.0 Å². The Morgan fingerprint density at radius 2 is 2.11 bits per heavy atom. The maximum absolute atomic E-state index is 13.6. The highest BCUT2D eigenvalue weighted by atomic mass is 19.3. The number of likely N-dealkylation sites (tertiary alicyclic amines) is 1. The highest BCUT2D eigenvalue weighted by molar-refractivity contribution is 5.87. The number of fused-ring (bicyclic) bond motifs is 1. The minimum absolute atomic E-state index is 0.290. The zero-order chi connectivity index (χ0) is 19.8. The molecule has 0 saturated carbocycles. The number of benzene rings is 1. The molecule has 1 aromatic carbocycles. The van der Waals surface area contributed by atoms with Crippen LogP contribution in [0, 0.1) is 11.3 Å². The fourth-order valence-corrected chi connectivity index (χ4v) is 3.11. The second-order valence-electron chi connectivity index (χ2n) is 6.55. The molecule has 9 heteroatoms. The molecule has 1 aliphatic heterocycles. The van der Waals surface area contributed by atoms with Gasteiger partial charge in [0.25, 0.3) is 11.5 Å². The van der Waals surface area contributed by atoms with Crippen molar-refractivity contribution >= 4 is 16.7 Å². The number of nitrogens with two attached hydrogens (primary N) is 1. The maximum Gasteiger partial charge on any atom is 0.268 e. The number of carbonyl (C=O) groups is 1. The molecule has 3 N–H and O–H groups in total. The molecule has 3 rings (SSSR count). The van der Waals surface area contributed by atoms with Crippen molar-refractivity contribution in [2.24, 2.45) is 5.73 Å².